The fourth-order valence-electron chi connectivity index (χ4n) is 6.92. The van der Waals surface area contributed by atoms with Crippen LogP contribution in [0, 0.1) is 23.2 Å². The fourth-order valence-corrected chi connectivity index (χ4v) is 6.92. The third-order valence-corrected chi connectivity index (χ3v) is 8.06. The zero-order valence-electron chi connectivity index (χ0n) is 15.6. The minimum Gasteiger partial charge on any atom is -0.377 e. The molecule has 0 radical (unpaired) electrons. The van der Waals surface area contributed by atoms with Crippen LogP contribution < -0.4 is 5.32 Å². The van der Waals surface area contributed by atoms with Crippen LogP contribution in [0.1, 0.15) is 57.8 Å². The van der Waals surface area contributed by atoms with Gasteiger partial charge in [-0.15, -0.1) is 24.0 Å². The highest BCUT2D eigenvalue weighted by molar-refractivity contribution is 14.0. The summed E-state index contributed by atoms with van der Waals surface area (Å²) in [6.07, 6.45) is 13.0. The Kier molecular flexibility index (Phi) is 5.26. The third-order valence-electron chi connectivity index (χ3n) is 8.06. The molecule has 1 spiro atoms. The van der Waals surface area contributed by atoms with Crippen LogP contribution in [-0.4, -0.2) is 49.7 Å². The quantitative estimate of drug-likeness (QED) is 0.370. The SMILES string of the molecule is CN=C(NC1C2CCOC2C12CCCC2)N1CC2CCCCC2C1.I. The van der Waals surface area contributed by atoms with Crippen LogP contribution in [0.2, 0.25) is 0 Å². The highest BCUT2D eigenvalue weighted by Gasteiger charge is 2.65. The Bertz CT molecular complexity index is 505. The smallest absolute Gasteiger partial charge is 0.193 e. The summed E-state index contributed by atoms with van der Waals surface area (Å²) in [4.78, 5) is 7.28. The average Bonchev–Trinajstić information content (AvgIpc) is 3.33. The van der Waals surface area contributed by atoms with E-state index < -0.39 is 0 Å². The molecule has 0 amide bonds. The van der Waals surface area contributed by atoms with Crippen molar-refractivity contribution in [3.63, 3.8) is 0 Å². The molecule has 1 N–H and O–H groups in total. The molecule has 5 unspecified atom stereocenters. The molecule has 0 aromatic carbocycles. The van der Waals surface area contributed by atoms with Crippen molar-refractivity contribution in [3.8, 4) is 0 Å². The molecule has 4 nitrogen and oxygen atoms in total. The predicted molar refractivity (Wildman–Crippen MR) is 111 cm³/mol. The van der Waals surface area contributed by atoms with E-state index in [-0.39, 0.29) is 24.0 Å². The maximum atomic E-state index is 6.14. The van der Waals surface area contributed by atoms with Crippen LogP contribution in [-0.2, 0) is 4.74 Å². The third kappa shape index (κ3) is 2.82. The minimum absolute atomic E-state index is 0. The molecule has 5 fully saturated rings. The Morgan fingerprint density at radius 2 is 1.72 bits per heavy atom. The van der Waals surface area contributed by atoms with Gasteiger partial charge in [-0.2, -0.15) is 0 Å². The molecule has 0 aromatic rings. The number of likely N-dealkylation sites (tertiary alicyclic amines) is 1. The lowest BCUT2D eigenvalue weighted by molar-refractivity contribution is -0.125. The first-order valence-electron chi connectivity index (χ1n) is 10.4. The lowest BCUT2D eigenvalue weighted by Crippen LogP contribution is -2.69. The summed E-state index contributed by atoms with van der Waals surface area (Å²) >= 11 is 0. The number of aliphatic imine (C=N–C) groups is 1. The van der Waals surface area contributed by atoms with Gasteiger partial charge in [0.1, 0.15) is 0 Å². The molecule has 0 aromatic heterocycles. The van der Waals surface area contributed by atoms with Gasteiger partial charge in [0.15, 0.2) is 5.96 Å². The minimum atomic E-state index is 0. The van der Waals surface area contributed by atoms with Crippen LogP contribution in [0.5, 0.6) is 0 Å². The number of nitrogens with zero attached hydrogens (tertiary/aromatic N) is 2. The van der Waals surface area contributed by atoms with Crippen molar-refractivity contribution in [2.24, 2.45) is 28.2 Å². The van der Waals surface area contributed by atoms with Gasteiger partial charge < -0.3 is 15.0 Å². The van der Waals surface area contributed by atoms with E-state index >= 15 is 0 Å². The maximum Gasteiger partial charge on any atom is 0.193 e. The van der Waals surface area contributed by atoms with Gasteiger partial charge in [0.25, 0.3) is 0 Å². The van der Waals surface area contributed by atoms with Crippen molar-refractivity contribution in [2.75, 3.05) is 26.7 Å². The Labute approximate surface area is 169 Å². The van der Waals surface area contributed by atoms with Gasteiger partial charge in [0.05, 0.1) is 6.10 Å². The van der Waals surface area contributed by atoms with E-state index in [9.17, 15) is 0 Å². The van der Waals surface area contributed by atoms with E-state index in [1.54, 1.807) is 0 Å². The normalized spacial score (nSPS) is 41.9. The summed E-state index contributed by atoms with van der Waals surface area (Å²) < 4.78 is 6.14. The highest BCUT2D eigenvalue weighted by atomic mass is 127. The van der Waals surface area contributed by atoms with Gasteiger partial charge in [-0.1, -0.05) is 25.7 Å². The number of fused-ring (bicyclic) bond motifs is 3. The number of guanidine groups is 1. The molecule has 142 valence electrons. The molecule has 2 heterocycles. The monoisotopic (exact) mass is 459 g/mol. The standard InChI is InChI=1S/C20H33N3O.HI/c1-21-19(23-12-14-6-2-3-7-15(14)13-23)22-17-16-8-11-24-18(16)20(17)9-4-5-10-20;/h14-18H,2-13H2,1H3,(H,21,22);1H. The van der Waals surface area contributed by atoms with Crippen molar-refractivity contribution in [3.05, 3.63) is 0 Å². The number of hydrogen-bond acceptors (Lipinski definition) is 2. The van der Waals surface area contributed by atoms with E-state index in [1.807, 2.05) is 7.05 Å². The fraction of sp³-hybridized carbons (Fsp3) is 0.950. The number of halogens is 1. The van der Waals surface area contributed by atoms with Crippen LogP contribution in [0.15, 0.2) is 4.99 Å². The van der Waals surface area contributed by atoms with Crippen LogP contribution >= 0.6 is 24.0 Å². The van der Waals surface area contributed by atoms with E-state index in [4.69, 9.17) is 9.73 Å². The molecule has 3 saturated carbocycles. The molecule has 0 bridgehead atoms. The van der Waals surface area contributed by atoms with E-state index in [0.29, 0.717) is 17.6 Å². The highest BCUT2D eigenvalue weighted by Crippen LogP contribution is 2.60. The number of nitrogens with one attached hydrogen (secondary N) is 1. The lowest BCUT2D eigenvalue weighted by atomic mass is 9.54. The van der Waals surface area contributed by atoms with Crippen molar-refractivity contribution < 1.29 is 4.74 Å². The van der Waals surface area contributed by atoms with E-state index in [1.165, 1.54) is 76.8 Å². The second-order valence-corrected chi connectivity index (χ2v) is 9.06. The molecule has 3 aliphatic carbocycles. The number of rotatable bonds is 1. The second kappa shape index (κ2) is 7.17. The Morgan fingerprint density at radius 1 is 1.04 bits per heavy atom. The number of ether oxygens (including phenoxy) is 1. The summed E-state index contributed by atoms with van der Waals surface area (Å²) in [5, 5.41) is 3.95. The maximum absolute atomic E-state index is 6.14. The topological polar surface area (TPSA) is 36.9 Å². The van der Waals surface area contributed by atoms with Gasteiger partial charge in [-0.3, -0.25) is 4.99 Å². The van der Waals surface area contributed by atoms with Crippen LogP contribution in [0.3, 0.4) is 0 Å². The van der Waals surface area contributed by atoms with Gasteiger partial charge in [0.2, 0.25) is 0 Å². The average molecular weight is 459 g/mol. The van der Waals surface area contributed by atoms with Crippen molar-refractivity contribution in [1.82, 2.24) is 10.2 Å². The van der Waals surface area contributed by atoms with Gasteiger partial charge in [0, 0.05) is 44.1 Å². The largest absolute Gasteiger partial charge is 0.377 e. The summed E-state index contributed by atoms with van der Waals surface area (Å²) in [5.41, 5.74) is 0.420. The molecule has 5 heteroatoms. The molecule has 5 rings (SSSR count). The van der Waals surface area contributed by atoms with E-state index in [2.05, 4.69) is 10.2 Å². The van der Waals surface area contributed by atoms with Crippen molar-refractivity contribution >= 4 is 29.9 Å². The Hall–Kier alpha value is -0.0400. The second-order valence-electron chi connectivity index (χ2n) is 9.06. The summed E-state index contributed by atoms with van der Waals surface area (Å²) in [5.74, 6) is 3.75. The molecule has 5 atom stereocenters. The Morgan fingerprint density at radius 3 is 2.36 bits per heavy atom. The molecule has 2 aliphatic heterocycles. The molecular formula is C20H34IN3O. The summed E-state index contributed by atoms with van der Waals surface area (Å²) in [6.45, 7) is 3.44. The molecule has 2 saturated heterocycles. The summed E-state index contributed by atoms with van der Waals surface area (Å²) in [6, 6.07) is 0.605. The van der Waals surface area contributed by atoms with Crippen molar-refractivity contribution in [2.45, 2.75) is 69.9 Å². The first kappa shape index (κ1) is 18.3. The van der Waals surface area contributed by atoms with Gasteiger partial charge in [-0.05, 0) is 43.9 Å². The van der Waals surface area contributed by atoms with E-state index in [0.717, 1.165) is 24.4 Å². The first-order chi connectivity index (χ1) is 11.8. The van der Waals surface area contributed by atoms with Gasteiger partial charge in [-0.25, -0.2) is 0 Å². The lowest BCUT2D eigenvalue weighted by Gasteiger charge is -2.57. The van der Waals surface area contributed by atoms with Crippen molar-refractivity contribution in [1.29, 1.82) is 0 Å². The van der Waals surface area contributed by atoms with Crippen LogP contribution in [0.25, 0.3) is 0 Å². The molecular weight excluding hydrogens is 425 g/mol. The first-order valence-corrected chi connectivity index (χ1v) is 10.4. The zero-order chi connectivity index (χ0) is 16.1. The molecule has 5 aliphatic rings. The Balaban J connectivity index is 0.00000157. The summed E-state index contributed by atoms with van der Waals surface area (Å²) in [7, 11) is 1.98. The predicted octanol–water partition coefficient (Wildman–Crippen LogP) is 3.65. The van der Waals surface area contributed by atoms with Gasteiger partial charge >= 0.3 is 0 Å². The van der Waals surface area contributed by atoms with Crippen LogP contribution in [0.4, 0.5) is 0 Å². The molecule has 25 heavy (non-hydrogen) atoms. The zero-order valence-corrected chi connectivity index (χ0v) is 17.9. The number of hydrogen-bond donors (Lipinski definition) is 1.